The van der Waals surface area contributed by atoms with Gasteiger partial charge in [0.25, 0.3) is 0 Å². The van der Waals surface area contributed by atoms with Crippen LogP contribution < -0.4 is 16.6 Å². The first kappa shape index (κ1) is 16.0. The molecular formula is C16H29N5. The lowest BCUT2D eigenvalue weighted by Gasteiger charge is -2.28. The summed E-state index contributed by atoms with van der Waals surface area (Å²) in [6.07, 6.45) is 6.55. The molecule has 1 aromatic rings. The van der Waals surface area contributed by atoms with Gasteiger partial charge in [-0.25, -0.2) is 15.8 Å². The number of anilines is 2. The lowest BCUT2D eigenvalue weighted by atomic mass is 9.83. The largest absolute Gasteiger partial charge is 0.369 e. The van der Waals surface area contributed by atoms with Gasteiger partial charge in [-0.15, -0.1) is 0 Å². The Kier molecular flexibility index (Phi) is 4.71. The molecule has 21 heavy (non-hydrogen) atoms. The van der Waals surface area contributed by atoms with Crippen molar-refractivity contribution < 1.29 is 0 Å². The number of aromatic nitrogens is 2. The lowest BCUT2D eigenvalue weighted by molar-refractivity contribution is 0.306. The minimum atomic E-state index is -0.0981. The minimum Gasteiger partial charge on any atom is -0.369 e. The number of nitrogens with one attached hydrogen (secondary N) is 2. The van der Waals surface area contributed by atoms with E-state index < -0.39 is 0 Å². The Hall–Kier alpha value is -1.36. The predicted molar refractivity (Wildman–Crippen MR) is 88.2 cm³/mol. The highest BCUT2D eigenvalue weighted by atomic mass is 15.3. The molecular weight excluding hydrogens is 262 g/mol. The molecule has 1 aromatic heterocycles. The van der Waals surface area contributed by atoms with Crippen LogP contribution in [0.4, 0.5) is 11.6 Å². The molecule has 0 saturated heterocycles. The zero-order chi connectivity index (χ0) is 15.5. The van der Waals surface area contributed by atoms with Crippen molar-refractivity contribution in [2.75, 3.05) is 17.3 Å². The van der Waals surface area contributed by atoms with Crippen LogP contribution in [0.1, 0.15) is 65.6 Å². The zero-order valence-corrected chi connectivity index (χ0v) is 13.8. The number of hydrogen-bond acceptors (Lipinski definition) is 5. The van der Waals surface area contributed by atoms with Crippen molar-refractivity contribution in [1.29, 1.82) is 0 Å². The maximum Gasteiger partial charge on any atom is 0.145 e. The van der Waals surface area contributed by atoms with Crippen molar-refractivity contribution in [3.63, 3.8) is 0 Å². The SMILES string of the molecule is CCC1(CNc2cc(NN)nc(C(C)(C)C)n2)CCCC1. The van der Waals surface area contributed by atoms with E-state index >= 15 is 0 Å². The molecule has 1 aliphatic rings. The predicted octanol–water partition coefficient (Wildman–Crippen LogP) is 3.44. The van der Waals surface area contributed by atoms with E-state index in [9.17, 15) is 0 Å². The summed E-state index contributed by atoms with van der Waals surface area (Å²) in [5.41, 5.74) is 2.98. The normalized spacial score (nSPS) is 17.8. The number of hydrogen-bond donors (Lipinski definition) is 3. The first-order valence-electron chi connectivity index (χ1n) is 7.99. The van der Waals surface area contributed by atoms with E-state index in [1.165, 1.54) is 32.1 Å². The van der Waals surface area contributed by atoms with E-state index in [0.717, 1.165) is 18.2 Å². The van der Waals surface area contributed by atoms with Gasteiger partial charge in [0.05, 0.1) is 0 Å². The van der Waals surface area contributed by atoms with E-state index in [2.05, 4.69) is 48.4 Å². The number of rotatable bonds is 5. The van der Waals surface area contributed by atoms with Crippen LogP contribution in [-0.2, 0) is 5.41 Å². The molecule has 0 unspecified atom stereocenters. The Bertz CT molecular complexity index is 472. The highest BCUT2D eigenvalue weighted by Gasteiger charge is 2.31. The van der Waals surface area contributed by atoms with Gasteiger partial charge in [-0.05, 0) is 24.7 Å². The van der Waals surface area contributed by atoms with Crippen LogP contribution in [0.2, 0.25) is 0 Å². The average molecular weight is 291 g/mol. The van der Waals surface area contributed by atoms with E-state index in [1.54, 1.807) is 0 Å². The monoisotopic (exact) mass is 291 g/mol. The standard InChI is InChI=1S/C16H29N5/c1-5-16(8-6-7-9-16)11-18-12-10-13(21-17)20-14(19-12)15(2,3)4/h10H,5-9,11,17H2,1-4H3,(H2,18,19,20,21). The van der Waals surface area contributed by atoms with E-state index in [1.807, 2.05) is 6.07 Å². The summed E-state index contributed by atoms with van der Waals surface area (Å²) < 4.78 is 0. The number of nitrogens with zero attached hydrogens (tertiary/aromatic N) is 2. The van der Waals surface area contributed by atoms with E-state index in [-0.39, 0.29) is 5.41 Å². The summed E-state index contributed by atoms with van der Waals surface area (Å²) in [7, 11) is 0. The second-order valence-electron chi connectivity index (χ2n) is 7.27. The summed E-state index contributed by atoms with van der Waals surface area (Å²) in [5.74, 6) is 7.86. The molecule has 5 nitrogen and oxygen atoms in total. The summed E-state index contributed by atoms with van der Waals surface area (Å²) in [6.45, 7) is 9.60. The van der Waals surface area contributed by atoms with Crippen LogP contribution in [0, 0.1) is 5.41 Å². The van der Waals surface area contributed by atoms with Gasteiger partial charge in [-0.1, -0.05) is 40.5 Å². The molecule has 0 bridgehead atoms. The quantitative estimate of drug-likeness (QED) is 0.572. The highest BCUT2D eigenvalue weighted by Crippen LogP contribution is 2.40. The van der Waals surface area contributed by atoms with Crippen molar-refractivity contribution in [1.82, 2.24) is 9.97 Å². The maximum absolute atomic E-state index is 5.53. The van der Waals surface area contributed by atoms with Crippen molar-refractivity contribution in [3.05, 3.63) is 11.9 Å². The van der Waals surface area contributed by atoms with E-state index in [4.69, 9.17) is 5.84 Å². The van der Waals surface area contributed by atoms with E-state index in [0.29, 0.717) is 11.2 Å². The Labute approximate surface area is 128 Å². The molecule has 118 valence electrons. The molecule has 0 spiro atoms. The van der Waals surface area contributed by atoms with Crippen molar-refractivity contribution >= 4 is 11.6 Å². The molecule has 5 heteroatoms. The third-order valence-electron chi connectivity index (χ3n) is 4.60. The van der Waals surface area contributed by atoms with Gasteiger partial charge in [0.1, 0.15) is 17.5 Å². The second-order valence-corrected chi connectivity index (χ2v) is 7.27. The molecule has 1 fully saturated rings. The Morgan fingerprint density at radius 2 is 1.81 bits per heavy atom. The van der Waals surface area contributed by atoms with Gasteiger partial charge in [0.2, 0.25) is 0 Å². The van der Waals surface area contributed by atoms with Crippen molar-refractivity contribution in [3.8, 4) is 0 Å². The molecule has 0 amide bonds. The fraction of sp³-hybridized carbons (Fsp3) is 0.750. The molecule has 1 aliphatic carbocycles. The van der Waals surface area contributed by atoms with Gasteiger partial charge >= 0.3 is 0 Å². The minimum absolute atomic E-state index is 0.0981. The highest BCUT2D eigenvalue weighted by molar-refractivity contribution is 5.47. The maximum atomic E-state index is 5.53. The summed E-state index contributed by atoms with van der Waals surface area (Å²) in [4.78, 5) is 9.11. The van der Waals surface area contributed by atoms with Crippen LogP contribution >= 0.6 is 0 Å². The lowest BCUT2D eigenvalue weighted by Crippen LogP contribution is -2.27. The number of nitrogens with two attached hydrogens (primary N) is 1. The van der Waals surface area contributed by atoms with Crippen LogP contribution in [0.5, 0.6) is 0 Å². The number of nitrogen functional groups attached to an aromatic ring is 1. The zero-order valence-electron chi connectivity index (χ0n) is 13.8. The van der Waals surface area contributed by atoms with Crippen molar-refractivity contribution in [2.45, 2.75) is 65.2 Å². The molecule has 0 aliphatic heterocycles. The van der Waals surface area contributed by atoms with Crippen molar-refractivity contribution in [2.24, 2.45) is 11.3 Å². The summed E-state index contributed by atoms with van der Waals surface area (Å²) in [5, 5.41) is 3.52. The van der Waals surface area contributed by atoms with Gasteiger partial charge in [-0.2, -0.15) is 0 Å². The molecule has 0 aromatic carbocycles. The second kappa shape index (κ2) is 6.18. The molecule has 4 N–H and O–H groups in total. The van der Waals surface area contributed by atoms with Gasteiger partial charge < -0.3 is 10.7 Å². The fourth-order valence-electron chi connectivity index (χ4n) is 3.01. The van der Waals surface area contributed by atoms with Crippen LogP contribution in [0.3, 0.4) is 0 Å². The van der Waals surface area contributed by atoms with Crippen LogP contribution in [-0.4, -0.2) is 16.5 Å². The molecule has 0 atom stereocenters. The first-order valence-corrected chi connectivity index (χ1v) is 7.99. The smallest absolute Gasteiger partial charge is 0.145 e. The molecule has 0 radical (unpaired) electrons. The molecule has 2 rings (SSSR count). The summed E-state index contributed by atoms with van der Waals surface area (Å²) >= 11 is 0. The van der Waals surface area contributed by atoms with Gasteiger partial charge in [0.15, 0.2) is 0 Å². The Balaban J connectivity index is 2.15. The molecule has 1 heterocycles. The number of hydrazine groups is 1. The van der Waals surface area contributed by atoms with Gasteiger partial charge in [0, 0.05) is 18.0 Å². The third kappa shape index (κ3) is 3.84. The first-order chi connectivity index (χ1) is 9.88. The van der Waals surface area contributed by atoms with Gasteiger partial charge in [-0.3, -0.25) is 0 Å². The molecule has 1 saturated carbocycles. The topological polar surface area (TPSA) is 75.9 Å². The third-order valence-corrected chi connectivity index (χ3v) is 4.60. The summed E-state index contributed by atoms with van der Waals surface area (Å²) in [6, 6.07) is 1.88. The average Bonchev–Trinajstić information content (AvgIpc) is 2.93. The van der Waals surface area contributed by atoms with Crippen LogP contribution in [0.25, 0.3) is 0 Å². The van der Waals surface area contributed by atoms with Crippen LogP contribution in [0.15, 0.2) is 6.07 Å². The Morgan fingerprint density at radius 3 is 2.33 bits per heavy atom. The Morgan fingerprint density at radius 1 is 1.19 bits per heavy atom. The fourth-order valence-corrected chi connectivity index (χ4v) is 3.01.